The second-order valence-corrected chi connectivity index (χ2v) is 8.52. The van der Waals surface area contributed by atoms with Crippen LogP contribution in [0.4, 0.5) is 0 Å². The summed E-state index contributed by atoms with van der Waals surface area (Å²) in [5.74, 6) is 0. The molecule has 2 aromatic rings. The van der Waals surface area contributed by atoms with E-state index in [0.29, 0.717) is 6.04 Å². The molecule has 0 spiro atoms. The van der Waals surface area contributed by atoms with E-state index in [-0.39, 0.29) is 11.6 Å². The predicted octanol–water partition coefficient (Wildman–Crippen LogP) is 3.77. The summed E-state index contributed by atoms with van der Waals surface area (Å²) in [4.78, 5) is 13.9. The fourth-order valence-electron chi connectivity index (χ4n) is 4.19. The molecule has 2 aliphatic rings. The van der Waals surface area contributed by atoms with Gasteiger partial charge in [0, 0.05) is 23.5 Å². The lowest BCUT2D eigenvalue weighted by Crippen LogP contribution is -2.37. The number of nitrogens with zero attached hydrogens (tertiary/aromatic N) is 2. The monoisotopic (exact) mass is 357 g/mol. The highest BCUT2D eigenvalue weighted by atomic mass is 32.1. The summed E-state index contributed by atoms with van der Waals surface area (Å²) in [7, 11) is 0. The van der Waals surface area contributed by atoms with Gasteiger partial charge in [-0.05, 0) is 80.9 Å². The topological polar surface area (TPSA) is 46.9 Å². The Morgan fingerprint density at radius 1 is 1.24 bits per heavy atom. The van der Waals surface area contributed by atoms with Crippen LogP contribution in [0.25, 0.3) is 0 Å². The molecule has 0 amide bonds. The average molecular weight is 358 g/mol. The van der Waals surface area contributed by atoms with Crippen molar-refractivity contribution in [2.45, 2.75) is 76.9 Å². The molecular weight excluding hydrogens is 330 g/mol. The molecule has 0 saturated heterocycles. The Labute approximate surface area is 153 Å². The van der Waals surface area contributed by atoms with Crippen LogP contribution >= 0.6 is 11.3 Å². The molecule has 4 nitrogen and oxygen atoms in total. The van der Waals surface area contributed by atoms with E-state index in [9.17, 15) is 4.79 Å². The van der Waals surface area contributed by atoms with Crippen molar-refractivity contribution in [3.8, 4) is 0 Å². The van der Waals surface area contributed by atoms with E-state index in [1.807, 2.05) is 17.4 Å². The zero-order valence-corrected chi connectivity index (χ0v) is 15.8. The van der Waals surface area contributed by atoms with Crippen LogP contribution in [0.3, 0.4) is 0 Å². The Balaban J connectivity index is 1.37. The second-order valence-electron chi connectivity index (χ2n) is 7.52. The molecule has 4 rings (SSSR count). The molecule has 1 N–H and O–H groups in total. The zero-order valence-electron chi connectivity index (χ0n) is 15.0. The van der Waals surface area contributed by atoms with Crippen LogP contribution in [-0.4, -0.2) is 15.8 Å². The number of aryl methyl sites for hydroxylation is 3. The average Bonchev–Trinajstić information content (AvgIpc) is 3.05. The quantitative estimate of drug-likeness (QED) is 0.906. The van der Waals surface area contributed by atoms with E-state index in [2.05, 4.69) is 23.7 Å². The lowest BCUT2D eigenvalue weighted by atomic mass is 9.91. The molecule has 0 aliphatic heterocycles. The first-order chi connectivity index (χ1) is 12.2. The summed E-state index contributed by atoms with van der Waals surface area (Å²) < 4.78 is 1.80. The van der Waals surface area contributed by atoms with Gasteiger partial charge in [-0.15, -0.1) is 11.3 Å². The minimum absolute atomic E-state index is 0.103. The molecule has 25 heavy (non-hydrogen) atoms. The first-order valence-corrected chi connectivity index (χ1v) is 10.5. The number of hydrogen-bond acceptors (Lipinski definition) is 4. The number of hydrogen-bond donors (Lipinski definition) is 1. The van der Waals surface area contributed by atoms with E-state index >= 15 is 0 Å². The summed E-state index contributed by atoms with van der Waals surface area (Å²) in [6.45, 7) is 3.15. The van der Waals surface area contributed by atoms with E-state index in [4.69, 9.17) is 5.10 Å². The highest BCUT2D eigenvalue weighted by Crippen LogP contribution is 2.28. The number of rotatable bonds is 4. The molecule has 2 aromatic heterocycles. The predicted molar refractivity (Wildman–Crippen MR) is 102 cm³/mol. The molecule has 1 fully saturated rings. The lowest BCUT2D eigenvalue weighted by molar-refractivity contribution is 0.266. The molecule has 2 heterocycles. The molecule has 5 heteroatoms. The maximum absolute atomic E-state index is 12.5. The van der Waals surface area contributed by atoms with Gasteiger partial charge in [0.15, 0.2) is 0 Å². The fraction of sp³-hybridized carbons (Fsp3) is 0.600. The van der Waals surface area contributed by atoms with Crippen LogP contribution < -0.4 is 10.9 Å². The fourth-order valence-corrected chi connectivity index (χ4v) is 5.04. The van der Waals surface area contributed by atoms with Crippen LogP contribution in [0, 0.1) is 6.92 Å². The van der Waals surface area contributed by atoms with Crippen molar-refractivity contribution in [2.24, 2.45) is 0 Å². The largest absolute Gasteiger partial charge is 0.309 e. The Bertz CT molecular complexity index is 786. The van der Waals surface area contributed by atoms with Gasteiger partial charge in [0.2, 0.25) is 0 Å². The third-order valence-corrected chi connectivity index (χ3v) is 6.82. The Kier molecular flexibility index (Phi) is 5.04. The van der Waals surface area contributed by atoms with Gasteiger partial charge in [-0.25, -0.2) is 4.68 Å². The van der Waals surface area contributed by atoms with Crippen molar-refractivity contribution in [3.63, 3.8) is 0 Å². The van der Waals surface area contributed by atoms with Gasteiger partial charge < -0.3 is 5.32 Å². The third kappa shape index (κ3) is 3.72. The van der Waals surface area contributed by atoms with Crippen molar-refractivity contribution >= 4 is 11.3 Å². The van der Waals surface area contributed by atoms with E-state index in [1.54, 1.807) is 4.68 Å². The zero-order chi connectivity index (χ0) is 17.2. The Morgan fingerprint density at radius 3 is 2.80 bits per heavy atom. The van der Waals surface area contributed by atoms with Crippen LogP contribution in [0.5, 0.6) is 0 Å². The molecule has 134 valence electrons. The smallest absolute Gasteiger partial charge is 0.267 e. The Morgan fingerprint density at radius 2 is 2.04 bits per heavy atom. The third-order valence-electron chi connectivity index (χ3n) is 5.79. The van der Waals surface area contributed by atoms with Crippen LogP contribution in [0.2, 0.25) is 0 Å². The standard InChI is InChI=1S/C20H27N3OS/c1-14-10-11-25-19(14)13-21-16-6-8-17(9-7-16)23-20(24)12-15-4-2-3-5-18(15)22-23/h10-12,16-17,21H,2-9,13H2,1H3. The normalized spacial score (nSPS) is 23.4. The first kappa shape index (κ1) is 17.0. The molecule has 0 atom stereocenters. The molecule has 0 radical (unpaired) electrons. The van der Waals surface area contributed by atoms with Gasteiger partial charge >= 0.3 is 0 Å². The molecule has 0 aromatic carbocycles. The number of nitrogens with one attached hydrogen (secondary N) is 1. The summed E-state index contributed by atoms with van der Waals surface area (Å²) >= 11 is 1.83. The van der Waals surface area contributed by atoms with Gasteiger partial charge in [-0.3, -0.25) is 4.79 Å². The first-order valence-electron chi connectivity index (χ1n) is 9.58. The molecule has 1 saturated carbocycles. The second kappa shape index (κ2) is 7.42. The number of thiophene rings is 1. The minimum atomic E-state index is 0.103. The summed E-state index contributed by atoms with van der Waals surface area (Å²) in [6, 6.07) is 4.88. The lowest BCUT2D eigenvalue weighted by Gasteiger charge is -2.30. The van der Waals surface area contributed by atoms with Crippen LogP contribution in [0.15, 0.2) is 22.3 Å². The maximum Gasteiger partial charge on any atom is 0.267 e. The van der Waals surface area contributed by atoms with Crippen LogP contribution in [0.1, 0.15) is 66.3 Å². The van der Waals surface area contributed by atoms with Crippen molar-refractivity contribution < 1.29 is 0 Å². The summed E-state index contributed by atoms with van der Waals surface area (Å²) in [6.07, 6.45) is 8.81. The summed E-state index contributed by atoms with van der Waals surface area (Å²) in [5, 5.41) is 10.6. The van der Waals surface area contributed by atoms with E-state index in [1.165, 1.54) is 34.5 Å². The van der Waals surface area contributed by atoms with Crippen molar-refractivity contribution in [1.29, 1.82) is 0 Å². The van der Waals surface area contributed by atoms with Gasteiger partial charge in [0.1, 0.15) is 0 Å². The van der Waals surface area contributed by atoms with E-state index in [0.717, 1.165) is 45.1 Å². The molecular formula is C20H27N3OS. The number of aromatic nitrogens is 2. The van der Waals surface area contributed by atoms with Gasteiger partial charge in [0.05, 0.1) is 11.7 Å². The maximum atomic E-state index is 12.5. The van der Waals surface area contributed by atoms with Crippen LogP contribution in [-0.2, 0) is 19.4 Å². The van der Waals surface area contributed by atoms with Crippen molar-refractivity contribution in [2.75, 3.05) is 0 Å². The van der Waals surface area contributed by atoms with Crippen molar-refractivity contribution in [3.05, 3.63) is 49.6 Å². The summed E-state index contributed by atoms with van der Waals surface area (Å²) in [5.41, 5.74) is 3.84. The Hall–Kier alpha value is -1.46. The van der Waals surface area contributed by atoms with Crippen molar-refractivity contribution in [1.82, 2.24) is 15.1 Å². The molecule has 2 aliphatic carbocycles. The SMILES string of the molecule is Cc1ccsc1CNC1CCC(n2nc3c(cc2=O)CCCC3)CC1. The molecule has 0 unspecified atom stereocenters. The molecule has 0 bridgehead atoms. The number of fused-ring (bicyclic) bond motifs is 1. The minimum Gasteiger partial charge on any atom is -0.309 e. The van der Waals surface area contributed by atoms with Gasteiger partial charge in [-0.1, -0.05) is 0 Å². The highest BCUT2D eigenvalue weighted by molar-refractivity contribution is 7.10. The van der Waals surface area contributed by atoms with Gasteiger partial charge in [-0.2, -0.15) is 5.10 Å². The van der Waals surface area contributed by atoms with E-state index < -0.39 is 0 Å². The highest BCUT2D eigenvalue weighted by Gasteiger charge is 2.25. The van der Waals surface area contributed by atoms with Gasteiger partial charge in [0.25, 0.3) is 5.56 Å².